The third-order valence-corrected chi connectivity index (χ3v) is 3.76. The average Bonchev–Trinajstić information content (AvgIpc) is 2.83. The van der Waals surface area contributed by atoms with E-state index in [0.29, 0.717) is 12.4 Å². The van der Waals surface area contributed by atoms with Crippen LogP contribution in [0.25, 0.3) is 0 Å². The van der Waals surface area contributed by atoms with E-state index >= 15 is 0 Å². The lowest BCUT2D eigenvalue weighted by Gasteiger charge is -2.25. The third kappa shape index (κ3) is 3.46. The molecular formula is C15H22FN3O. The van der Waals surface area contributed by atoms with E-state index in [1.54, 1.807) is 0 Å². The predicted molar refractivity (Wildman–Crippen MR) is 77.3 cm³/mol. The molecule has 0 atom stereocenters. The van der Waals surface area contributed by atoms with E-state index in [2.05, 4.69) is 15.6 Å². The quantitative estimate of drug-likeness (QED) is 0.870. The SMILES string of the molecule is CCCNc1ncc(F)cc1C(=O)NC1(C)CCCC1. The molecular weight excluding hydrogens is 257 g/mol. The number of amides is 1. The lowest BCUT2D eigenvalue weighted by atomic mass is 10.00. The molecule has 1 aromatic rings. The molecule has 4 nitrogen and oxygen atoms in total. The molecule has 0 bridgehead atoms. The molecule has 0 radical (unpaired) electrons. The molecule has 0 spiro atoms. The number of nitrogens with one attached hydrogen (secondary N) is 2. The number of rotatable bonds is 5. The molecule has 0 aromatic carbocycles. The van der Waals surface area contributed by atoms with Crippen molar-refractivity contribution < 1.29 is 9.18 Å². The van der Waals surface area contributed by atoms with Gasteiger partial charge in [0.1, 0.15) is 11.6 Å². The molecule has 1 fully saturated rings. The van der Waals surface area contributed by atoms with E-state index in [0.717, 1.165) is 38.3 Å². The Morgan fingerprint density at radius 1 is 1.45 bits per heavy atom. The molecule has 110 valence electrons. The van der Waals surface area contributed by atoms with Crippen molar-refractivity contribution in [1.29, 1.82) is 0 Å². The minimum Gasteiger partial charge on any atom is -0.369 e. The zero-order valence-corrected chi connectivity index (χ0v) is 12.1. The molecule has 0 aliphatic heterocycles. The molecule has 1 amide bonds. The molecule has 2 rings (SSSR count). The first kappa shape index (κ1) is 14.8. The normalized spacial score (nSPS) is 16.9. The molecule has 1 aromatic heterocycles. The molecule has 20 heavy (non-hydrogen) atoms. The van der Waals surface area contributed by atoms with Gasteiger partial charge in [-0.05, 0) is 32.3 Å². The second-order valence-electron chi connectivity index (χ2n) is 5.70. The summed E-state index contributed by atoms with van der Waals surface area (Å²) < 4.78 is 13.4. The van der Waals surface area contributed by atoms with Crippen LogP contribution in [-0.4, -0.2) is 23.0 Å². The summed E-state index contributed by atoms with van der Waals surface area (Å²) in [7, 11) is 0. The van der Waals surface area contributed by atoms with Crippen molar-refractivity contribution in [3.63, 3.8) is 0 Å². The summed E-state index contributed by atoms with van der Waals surface area (Å²) in [6.45, 7) is 4.77. The van der Waals surface area contributed by atoms with Gasteiger partial charge in [0.15, 0.2) is 0 Å². The summed E-state index contributed by atoms with van der Waals surface area (Å²) in [5, 5.41) is 6.10. The van der Waals surface area contributed by atoms with Gasteiger partial charge < -0.3 is 10.6 Å². The molecule has 1 heterocycles. The lowest BCUT2D eigenvalue weighted by molar-refractivity contribution is 0.0908. The van der Waals surface area contributed by atoms with Crippen molar-refractivity contribution in [1.82, 2.24) is 10.3 Å². The topological polar surface area (TPSA) is 54.0 Å². The van der Waals surface area contributed by atoms with Crippen molar-refractivity contribution in [3.8, 4) is 0 Å². The number of anilines is 1. The van der Waals surface area contributed by atoms with Gasteiger partial charge in [0.25, 0.3) is 5.91 Å². The molecule has 0 unspecified atom stereocenters. The average molecular weight is 279 g/mol. The molecule has 2 N–H and O–H groups in total. The van der Waals surface area contributed by atoms with Crippen LogP contribution >= 0.6 is 0 Å². The summed E-state index contributed by atoms with van der Waals surface area (Å²) >= 11 is 0. The van der Waals surface area contributed by atoms with Gasteiger partial charge in [-0.3, -0.25) is 4.79 Å². The highest BCUT2D eigenvalue weighted by Crippen LogP contribution is 2.29. The van der Waals surface area contributed by atoms with Crippen LogP contribution in [0.1, 0.15) is 56.3 Å². The fourth-order valence-corrected chi connectivity index (χ4v) is 2.62. The van der Waals surface area contributed by atoms with E-state index in [9.17, 15) is 9.18 Å². The van der Waals surface area contributed by atoms with Gasteiger partial charge in [-0.2, -0.15) is 0 Å². The zero-order chi connectivity index (χ0) is 14.6. The van der Waals surface area contributed by atoms with E-state index in [1.807, 2.05) is 13.8 Å². The van der Waals surface area contributed by atoms with Gasteiger partial charge in [0.05, 0.1) is 11.8 Å². The summed E-state index contributed by atoms with van der Waals surface area (Å²) in [5.41, 5.74) is 0.109. The molecule has 1 aliphatic rings. The van der Waals surface area contributed by atoms with Gasteiger partial charge in [0, 0.05) is 12.1 Å². The second-order valence-corrected chi connectivity index (χ2v) is 5.70. The lowest BCUT2D eigenvalue weighted by Crippen LogP contribution is -2.43. The Morgan fingerprint density at radius 2 is 2.15 bits per heavy atom. The van der Waals surface area contributed by atoms with Crippen molar-refractivity contribution >= 4 is 11.7 Å². The Kier molecular flexibility index (Phi) is 4.57. The van der Waals surface area contributed by atoms with Gasteiger partial charge in [-0.25, -0.2) is 9.37 Å². The van der Waals surface area contributed by atoms with Gasteiger partial charge in [-0.15, -0.1) is 0 Å². The van der Waals surface area contributed by atoms with Crippen LogP contribution in [0, 0.1) is 5.82 Å². The first-order valence-electron chi connectivity index (χ1n) is 7.26. The highest BCUT2D eigenvalue weighted by atomic mass is 19.1. The Hall–Kier alpha value is -1.65. The fraction of sp³-hybridized carbons (Fsp3) is 0.600. The number of hydrogen-bond donors (Lipinski definition) is 2. The van der Waals surface area contributed by atoms with Crippen LogP contribution in [0.3, 0.4) is 0 Å². The van der Waals surface area contributed by atoms with Crippen molar-refractivity contribution in [3.05, 3.63) is 23.6 Å². The maximum Gasteiger partial charge on any atom is 0.255 e. The van der Waals surface area contributed by atoms with Crippen LogP contribution in [0.4, 0.5) is 10.2 Å². The largest absolute Gasteiger partial charge is 0.369 e. The zero-order valence-electron chi connectivity index (χ0n) is 12.1. The highest BCUT2D eigenvalue weighted by molar-refractivity contribution is 5.99. The van der Waals surface area contributed by atoms with Gasteiger partial charge in [-0.1, -0.05) is 19.8 Å². The monoisotopic (exact) mass is 279 g/mol. The number of carbonyl (C=O) groups excluding carboxylic acids is 1. The Bertz CT molecular complexity index is 484. The number of carbonyl (C=O) groups is 1. The Balaban J connectivity index is 2.17. The first-order valence-corrected chi connectivity index (χ1v) is 7.26. The maximum atomic E-state index is 13.4. The second kappa shape index (κ2) is 6.20. The minimum atomic E-state index is -0.492. The molecule has 1 saturated carbocycles. The summed E-state index contributed by atoms with van der Waals surface area (Å²) in [6, 6.07) is 1.25. The van der Waals surface area contributed by atoms with E-state index in [1.165, 1.54) is 6.07 Å². The van der Waals surface area contributed by atoms with Gasteiger partial charge in [0.2, 0.25) is 0 Å². The standard InChI is InChI=1S/C15H22FN3O/c1-3-8-17-13-12(9-11(16)10-18-13)14(20)19-15(2)6-4-5-7-15/h9-10H,3-8H2,1-2H3,(H,17,18)(H,19,20). The van der Waals surface area contributed by atoms with E-state index in [-0.39, 0.29) is 17.0 Å². The van der Waals surface area contributed by atoms with Gasteiger partial charge >= 0.3 is 0 Å². The third-order valence-electron chi connectivity index (χ3n) is 3.76. The van der Waals surface area contributed by atoms with Crippen LogP contribution in [0.15, 0.2) is 12.3 Å². The number of halogens is 1. The first-order chi connectivity index (χ1) is 9.54. The van der Waals surface area contributed by atoms with Crippen molar-refractivity contribution in [2.75, 3.05) is 11.9 Å². The molecule has 0 saturated heterocycles. The molecule has 1 aliphatic carbocycles. The summed E-state index contributed by atoms with van der Waals surface area (Å²) in [6.07, 6.45) is 6.24. The highest BCUT2D eigenvalue weighted by Gasteiger charge is 2.31. The fourth-order valence-electron chi connectivity index (χ4n) is 2.62. The number of aromatic nitrogens is 1. The van der Waals surface area contributed by atoms with Crippen LogP contribution in [0.2, 0.25) is 0 Å². The van der Waals surface area contributed by atoms with E-state index < -0.39 is 5.82 Å². The number of hydrogen-bond acceptors (Lipinski definition) is 3. The predicted octanol–water partition coefficient (Wildman–Crippen LogP) is 3.11. The van der Waals surface area contributed by atoms with Crippen molar-refractivity contribution in [2.45, 2.75) is 51.5 Å². The van der Waals surface area contributed by atoms with Crippen LogP contribution < -0.4 is 10.6 Å². The van der Waals surface area contributed by atoms with Crippen LogP contribution in [-0.2, 0) is 0 Å². The van der Waals surface area contributed by atoms with E-state index in [4.69, 9.17) is 0 Å². The Morgan fingerprint density at radius 3 is 2.80 bits per heavy atom. The van der Waals surface area contributed by atoms with Crippen molar-refractivity contribution in [2.24, 2.45) is 0 Å². The number of pyridine rings is 1. The maximum absolute atomic E-state index is 13.4. The molecule has 5 heteroatoms. The summed E-state index contributed by atoms with van der Waals surface area (Å²) in [4.78, 5) is 16.4. The minimum absolute atomic E-state index is 0.175. The van der Waals surface area contributed by atoms with Crippen LogP contribution in [0.5, 0.6) is 0 Å². The summed E-state index contributed by atoms with van der Waals surface area (Å²) in [5.74, 6) is -0.291. The number of nitrogens with zero attached hydrogens (tertiary/aromatic N) is 1. The Labute approximate surface area is 119 Å². The smallest absolute Gasteiger partial charge is 0.255 e.